The van der Waals surface area contributed by atoms with Crippen LogP contribution < -0.4 is 5.73 Å². The minimum atomic E-state index is -0.0284. The smallest absolute Gasteiger partial charge is 0.0951 e. The molecule has 0 amide bonds. The molecule has 0 heterocycles. The summed E-state index contributed by atoms with van der Waals surface area (Å²) in [6.45, 7) is 2.78. The Bertz CT molecular complexity index is 396. The van der Waals surface area contributed by atoms with Crippen molar-refractivity contribution in [3.05, 3.63) is 34.9 Å². The van der Waals surface area contributed by atoms with E-state index < -0.39 is 0 Å². The maximum absolute atomic E-state index is 6.23. The van der Waals surface area contributed by atoms with Gasteiger partial charge in [-0.15, -0.1) is 0 Å². The van der Waals surface area contributed by atoms with Crippen molar-refractivity contribution >= 4 is 11.6 Å². The lowest BCUT2D eigenvalue weighted by Gasteiger charge is -2.31. The first-order valence-electron chi connectivity index (χ1n) is 7.34. The molecule has 1 aromatic rings. The summed E-state index contributed by atoms with van der Waals surface area (Å²) >= 11 is 6.04. The van der Waals surface area contributed by atoms with E-state index in [1.54, 1.807) is 0 Å². The highest BCUT2D eigenvalue weighted by Gasteiger charge is 2.24. The zero-order chi connectivity index (χ0) is 13.7. The topological polar surface area (TPSA) is 35.2 Å². The third-order valence-corrected chi connectivity index (χ3v) is 4.34. The van der Waals surface area contributed by atoms with E-state index in [4.69, 9.17) is 22.1 Å². The van der Waals surface area contributed by atoms with Crippen LogP contribution in [0.15, 0.2) is 24.3 Å². The van der Waals surface area contributed by atoms with E-state index >= 15 is 0 Å². The van der Waals surface area contributed by atoms with Crippen LogP contribution in [0.5, 0.6) is 0 Å². The van der Waals surface area contributed by atoms with Crippen LogP contribution >= 0.6 is 11.6 Å². The van der Waals surface area contributed by atoms with Crippen molar-refractivity contribution in [2.45, 2.75) is 51.2 Å². The molecule has 106 valence electrons. The van der Waals surface area contributed by atoms with Crippen molar-refractivity contribution < 1.29 is 4.74 Å². The number of halogens is 1. The van der Waals surface area contributed by atoms with Gasteiger partial charge in [-0.1, -0.05) is 49.9 Å². The van der Waals surface area contributed by atoms with Gasteiger partial charge >= 0.3 is 0 Å². The van der Waals surface area contributed by atoms with Gasteiger partial charge in [0, 0.05) is 11.6 Å². The van der Waals surface area contributed by atoms with E-state index in [1.165, 1.54) is 25.7 Å². The van der Waals surface area contributed by atoms with Gasteiger partial charge in [0.05, 0.1) is 12.2 Å². The lowest BCUT2D eigenvalue weighted by molar-refractivity contribution is -0.0381. The SMILES string of the molecule is CCC1CCCC(OC(CN)c2cccc(Cl)c2)C1. The summed E-state index contributed by atoms with van der Waals surface area (Å²) in [5, 5.41) is 0.745. The Labute approximate surface area is 121 Å². The van der Waals surface area contributed by atoms with Crippen LogP contribution in [-0.2, 0) is 4.74 Å². The van der Waals surface area contributed by atoms with Gasteiger partial charge in [0.15, 0.2) is 0 Å². The Morgan fingerprint density at radius 3 is 2.95 bits per heavy atom. The fraction of sp³-hybridized carbons (Fsp3) is 0.625. The fourth-order valence-electron chi connectivity index (χ4n) is 2.95. The van der Waals surface area contributed by atoms with E-state index in [2.05, 4.69) is 6.92 Å². The van der Waals surface area contributed by atoms with Crippen molar-refractivity contribution in [3.63, 3.8) is 0 Å². The summed E-state index contributed by atoms with van der Waals surface area (Å²) in [6.07, 6.45) is 6.54. The van der Waals surface area contributed by atoms with Gasteiger partial charge in [-0.25, -0.2) is 0 Å². The molecule has 0 aliphatic heterocycles. The second-order valence-electron chi connectivity index (χ2n) is 5.48. The number of hydrogen-bond donors (Lipinski definition) is 1. The van der Waals surface area contributed by atoms with Crippen LogP contribution in [0, 0.1) is 5.92 Å². The summed E-state index contributed by atoms with van der Waals surface area (Å²) in [5.74, 6) is 0.816. The van der Waals surface area contributed by atoms with Crippen LogP contribution in [0.2, 0.25) is 5.02 Å². The van der Waals surface area contributed by atoms with Gasteiger partial charge in [-0.05, 0) is 36.5 Å². The summed E-state index contributed by atoms with van der Waals surface area (Å²) in [7, 11) is 0. The minimum Gasteiger partial charge on any atom is -0.369 e. The second kappa shape index (κ2) is 7.28. The minimum absolute atomic E-state index is 0.0284. The van der Waals surface area contributed by atoms with Crippen molar-refractivity contribution in [3.8, 4) is 0 Å². The zero-order valence-electron chi connectivity index (χ0n) is 11.6. The number of benzene rings is 1. The first-order chi connectivity index (χ1) is 9.22. The molecule has 1 aliphatic carbocycles. The van der Waals surface area contributed by atoms with Crippen molar-refractivity contribution in [2.24, 2.45) is 11.7 Å². The predicted octanol–water partition coefficient (Wildman–Crippen LogP) is 4.33. The average Bonchev–Trinajstić information content (AvgIpc) is 2.45. The van der Waals surface area contributed by atoms with Gasteiger partial charge in [-0.2, -0.15) is 0 Å². The molecule has 0 radical (unpaired) electrons. The van der Waals surface area contributed by atoms with Gasteiger partial charge < -0.3 is 10.5 Å². The Morgan fingerprint density at radius 1 is 1.42 bits per heavy atom. The third kappa shape index (κ3) is 4.20. The summed E-state index contributed by atoms with van der Waals surface area (Å²) < 4.78 is 6.23. The Hall–Kier alpha value is -0.570. The molecule has 2 rings (SSSR count). The highest BCUT2D eigenvalue weighted by atomic mass is 35.5. The van der Waals surface area contributed by atoms with E-state index in [0.717, 1.165) is 22.9 Å². The Morgan fingerprint density at radius 2 is 2.26 bits per heavy atom. The fourth-order valence-corrected chi connectivity index (χ4v) is 3.14. The van der Waals surface area contributed by atoms with E-state index in [-0.39, 0.29) is 6.10 Å². The summed E-state index contributed by atoms with van der Waals surface area (Å²) in [5.41, 5.74) is 6.96. The molecular formula is C16H24ClNO. The molecule has 0 aromatic heterocycles. The third-order valence-electron chi connectivity index (χ3n) is 4.10. The first kappa shape index (κ1) is 14.8. The Kier molecular flexibility index (Phi) is 5.68. The van der Waals surface area contributed by atoms with Crippen LogP contribution in [0.4, 0.5) is 0 Å². The molecule has 19 heavy (non-hydrogen) atoms. The van der Waals surface area contributed by atoms with Crippen LogP contribution in [0.1, 0.15) is 50.7 Å². The molecule has 0 saturated heterocycles. The van der Waals surface area contributed by atoms with Crippen LogP contribution in [0.25, 0.3) is 0 Å². The molecule has 1 fully saturated rings. The standard InChI is InChI=1S/C16H24ClNO/c1-2-12-5-3-8-15(9-12)19-16(11-18)13-6-4-7-14(17)10-13/h4,6-7,10,12,15-16H,2-3,5,8-9,11,18H2,1H3. The number of hydrogen-bond acceptors (Lipinski definition) is 2. The van der Waals surface area contributed by atoms with Gasteiger partial charge in [0.1, 0.15) is 0 Å². The normalized spacial score (nSPS) is 25.2. The lowest BCUT2D eigenvalue weighted by Crippen LogP contribution is -2.27. The van der Waals surface area contributed by atoms with Crippen molar-refractivity contribution in [1.82, 2.24) is 0 Å². The summed E-state index contributed by atoms with van der Waals surface area (Å²) in [6, 6.07) is 7.84. The highest BCUT2D eigenvalue weighted by molar-refractivity contribution is 6.30. The molecule has 0 spiro atoms. The average molecular weight is 282 g/mol. The Balaban J connectivity index is 1.99. The maximum atomic E-state index is 6.23. The van der Waals surface area contributed by atoms with Crippen molar-refractivity contribution in [1.29, 1.82) is 0 Å². The van der Waals surface area contributed by atoms with E-state index in [9.17, 15) is 0 Å². The molecule has 2 nitrogen and oxygen atoms in total. The van der Waals surface area contributed by atoms with Gasteiger partial charge in [-0.3, -0.25) is 0 Å². The molecule has 3 unspecified atom stereocenters. The molecular weight excluding hydrogens is 258 g/mol. The van der Waals surface area contributed by atoms with Gasteiger partial charge in [0.2, 0.25) is 0 Å². The molecule has 1 aliphatic rings. The van der Waals surface area contributed by atoms with Crippen LogP contribution in [-0.4, -0.2) is 12.6 Å². The van der Waals surface area contributed by atoms with Gasteiger partial charge in [0.25, 0.3) is 0 Å². The molecule has 0 bridgehead atoms. The van der Waals surface area contributed by atoms with E-state index in [0.29, 0.717) is 12.6 Å². The monoisotopic (exact) mass is 281 g/mol. The van der Waals surface area contributed by atoms with E-state index in [1.807, 2.05) is 24.3 Å². The highest BCUT2D eigenvalue weighted by Crippen LogP contribution is 2.32. The molecule has 1 saturated carbocycles. The lowest BCUT2D eigenvalue weighted by atomic mass is 9.85. The molecule has 2 N–H and O–H groups in total. The predicted molar refractivity (Wildman–Crippen MR) is 80.4 cm³/mol. The number of rotatable bonds is 5. The molecule has 3 heteroatoms. The molecule has 3 atom stereocenters. The second-order valence-corrected chi connectivity index (χ2v) is 5.91. The number of ether oxygens (including phenoxy) is 1. The number of nitrogens with two attached hydrogens (primary N) is 1. The first-order valence-corrected chi connectivity index (χ1v) is 7.71. The van der Waals surface area contributed by atoms with Crippen molar-refractivity contribution in [2.75, 3.05) is 6.54 Å². The quantitative estimate of drug-likeness (QED) is 0.872. The summed E-state index contributed by atoms with van der Waals surface area (Å²) in [4.78, 5) is 0. The van der Waals surface area contributed by atoms with Crippen LogP contribution in [0.3, 0.4) is 0 Å². The maximum Gasteiger partial charge on any atom is 0.0951 e. The molecule has 1 aromatic carbocycles. The largest absolute Gasteiger partial charge is 0.369 e. The zero-order valence-corrected chi connectivity index (χ0v) is 12.4.